The van der Waals surface area contributed by atoms with Crippen LogP contribution in [0.3, 0.4) is 0 Å². The Labute approximate surface area is 137 Å². The van der Waals surface area contributed by atoms with E-state index in [0.717, 1.165) is 6.07 Å². The topological polar surface area (TPSA) is 64.6 Å². The Morgan fingerprint density at radius 3 is 2.46 bits per heavy atom. The molecule has 0 fully saturated rings. The Kier molecular flexibility index (Phi) is 5.83. The Hall–Kier alpha value is -2.96. The zero-order valence-corrected chi connectivity index (χ0v) is 12.8. The van der Waals surface area contributed by atoms with Gasteiger partial charge in [-0.1, -0.05) is 6.07 Å². The third-order valence-electron chi connectivity index (χ3n) is 2.94. The first-order valence-corrected chi connectivity index (χ1v) is 7.08. The van der Waals surface area contributed by atoms with Crippen LogP contribution in [0.15, 0.2) is 48.5 Å². The van der Waals surface area contributed by atoms with E-state index >= 15 is 0 Å². The number of hydrogen-bond donors (Lipinski definition) is 1. The monoisotopic (exact) mass is 335 g/mol. The van der Waals surface area contributed by atoms with Crippen LogP contribution in [0.2, 0.25) is 0 Å². The Morgan fingerprint density at radius 2 is 1.79 bits per heavy atom. The average Bonchev–Trinajstić information content (AvgIpc) is 2.55. The standard InChI is InChI=1S/C17H15F2NO4/c1-11(17(22)20-14-7-5-12(18)6-8-14)24-16(21)10-23-15-4-2-3-13(19)9-15/h2-9,11H,10H2,1H3,(H,20,22)/t11-/m0/s1. The van der Waals surface area contributed by atoms with E-state index in [1.54, 1.807) is 0 Å². The molecule has 2 aromatic carbocycles. The summed E-state index contributed by atoms with van der Waals surface area (Å²) in [6, 6.07) is 10.4. The van der Waals surface area contributed by atoms with Gasteiger partial charge >= 0.3 is 5.97 Å². The average molecular weight is 335 g/mol. The lowest BCUT2D eigenvalue weighted by molar-refractivity contribution is -0.155. The highest BCUT2D eigenvalue weighted by Crippen LogP contribution is 2.12. The first kappa shape index (κ1) is 17.4. The number of rotatable bonds is 6. The fraction of sp³-hybridized carbons (Fsp3) is 0.176. The zero-order chi connectivity index (χ0) is 17.5. The molecule has 0 bridgehead atoms. The summed E-state index contributed by atoms with van der Waals surface area (Å²) in [5.74, 6) is -2.09. The first-order valence-electron chi connectivity index (χ1n) is 7.08. The van der Waals surface area contributed by atoms with E-state index in [4.69, 9.17) is 9.47 Å². The van der Waals surface area contributed by atoms with Gasteiger partial charge in [0.1, 0.15) is 17.4 Å². The number of ether oxygens (including phenoxy) is 2. The van der Waals surface area contributed by atoms with Crippen molar-refractivity contribution in [2.75, 3.05) is 11.9 Å². The van der Waals surface area contributed by atoms with E-state index in [1.165, 1.54) is 49.4 Å². The quantitative estimate of drug-likeness (QED) is 0.825. The summed E-state index contributed by atoms with van der Waals surface area (Å²) >= 11 is 0. The van der Waals surface area contributed by atoms with E-state index in [1.807, 2.05) is 0 Å². The summed E-state index contributed by atoms with van der Waals surface area (Å²) in [7, 11) is 0. The smallest absolute Gasteiger partial charge is 0.344 e. The van der Waals surface area contributed by atoms with E-state index < -0.39 is 36.2 Å². The lowest BCUT2D eigenvalue weighted by atomic mass is 10.3. The van der Waals surface area contributed by atoms with Gasteiger partial charge in [0.25, 0.3) is 5.91 Å². The highest BCUT2D eigenvalue weighted by molar-refractivity contribution is 5.95. The van der Waals surface area contributed by atoms with Crippen LogP contribution in [0.4, 0.5) is 14.5 Å². The Bertz CT molecular complexity index is 719. The highest BCUT2D eigenvalue weighted by Gasteiger charge is 2.18. The maximum absolute atomic E-state index is 13.0. The maximum Gasteiger partial charge on any atom is 0.344 e. The molecule has 0 spiro atoms. The molecule has 0 radical (unpaired) electrons. The Balaban J connectivity index is 1.80. The van der Waals surface area contributed by atoms with Crippen molar-refractivity contribution in [2.45, 2.75) is 13.0 Å². The molecule has 5 nitrogen and oxygen atoms in total. The van der Waals surface area contributed by atoms with Crippen LogP contribution in [0, 0.1) is 11.6 Å². The van der Waals surface area contributed by atoms with Gasteiger partial charge in [-0.15, -0.1) is 0 Å². The van der Waals surface area contributed by atoms with Crippen molar-refractivity contribution in [2.24, 2.45) is 0 Å². The van der Waals surface area contributed by atoms with Gasteiger partial charge in [-0.3, -0.25) is 4.79 Å². The lowest BCUT2D eigenvalue weighted by Gasteiger charge is -2.14. The van der Waals surface area contributed by atoms with Crippen LogP contribution in [-0.2, 0) is 14.3 Å². The van der Waals surface area contributed by atoms with Gasteiger partial charge in [-0.25, -0.2) is 13.6 Å². The Morgan fingerprint density at radius 1 is 1.08 bits per heavy atom. The summed E-state index contributed by atoms with van der Waals surface area (Å²) in [5, 5.41) is 2.48. The number of amides is 1. The number of nitrogens with one attached hydrogen (secondary N) is 1. The third-order valence-corrected chi connectivity index (χ3v) is 2.94. The van der Waals surface area contributed by atoms with Crippen LogP contribution in [0.5, 0.6) is 5.75 Å². The molecule has 24 heavy (non-hydrogen) atoms. The van der Waals surface area contributed by atoms with Crippen LogP contribution in [0.25, 0.3) is 0 Å². The van der Waals surface area contributed by atoms with Crippen molar-refractivity contribution in [1.82, 2.24) is 0 Å². The van der Waals surface area contributed by atoms with Crippen LogP contribution in [0.1, 0.15) is 6.92 Å². The normalized spacial score (nSPS) is 11.5. The van der Waals surface area contributed by atoms with Crippen LogP contribution in [-0.4, -0.2) is 24.6 Å². The minimum Gasteiger partial charge on any atom is -0.482 e. The summed E-state index contributed by atoms with van der Waals surface area (Å²) < 4.78 is 35.7. The summed E-state index contributed by atoms with van der Waals surface area (Å²) in [5.41, 5.74) is 0.375. The van der Waals surface area contributed by atoms with Crippen LogP contribution >= 0.6 is 0 Å². The van der Waals surface area contributed by atoms with Crippen molar-refractivity contribution in [3.63, 3.8) is 0 Å². The molecule has 1 N–H and O–H groups in total. The van der Waals surface area contributed by atoms with Gasteiger partial charge in [-0.05, 0) is 43.3 Å². The number of halogens is 2. The fourth-order valence-corrected chi connectivity index (χ4v) is 1.76. The molecule has 0 aliphatic heterocycles. The van der Waals surface area contributed by atoms with Crippen molar-refractivity contribution in [3.8, 4) is 5.75 Å². The zero-order valence-electron chi connectivity index (χ0n) is 12.8. The van der Waals surface area contributed by atoms with Crippen LogP contribution < -0.4 is 10.1 Å². The predicted molar refractivity (Wildman–Crippen MR) is 82.5 cm³/mol. The summed E-state index contributed by atoms with van der Waals surface area (Å²) in [6.07, 6.45) is -1.07. The van der Waals surface area contributed by atoms with E-state index in [-0.39, 0.29) is 5.75 Å². The fourth-order valence-electron chi connectivity index (χ4n) is 1.76. The molecule has 2 aromatic rings. The molecule has 0 saturated carbocycles. The molecule has 0 heterocycles. The molecule has 0 unspecified atom stereocenters. The number of anilines is 1. The largest absolute Gasteiger partial charge is 0.482 e. The van der Waals surface area contributed by atoms with E-state index in [2.05, 4.69) is 5.32 Å². The van der Waals surface area contributed by atoms with Crippen molar-refractivity contribution in [3.05, 3.63) is 60.2 Å². The van der Waals surface area contributed by atoms with Crippen molar-refractivity contribution >= 4 is 17.6 Å². The van der Waals surface area contributed by atoms with Crippen molar-refractivity contribution in [1.29, 1.82) is 0 Å². The second-order valence-electron chi connectivity index (χ2n) is 4.87. The SMILES string of the molecule is C[C@H](OC(=O)COc1cccc(F)c1)C(=O)Nc1ccc(F)cc1. The second kappa shape index (κ2) is 8.05. The first-order chi connectivity index (χ1) is 11.4. The molecular formula is C17H15F2NO4. The minimum atomic E-state index is -1.07. The number of carbonyl (C=O) groups is 2. The predicted octanol–water partition coefficient (Wildman–Crippen LogP) is 2.91. The molecule has 1 atom stereocenters. The number of esters is 1. The second-order valence-corrected chi connectivity index (χ2v) is 4.87. The molecule has 7 heteroatoms. The number of benzene rings is 2. The number of hydrogen-bond acceptors (Lipinski definition) is 4. The van der Waals surface area contributed by atoms with Crippen molar-refractivity contribution < 1.29 is 27.8 Å². The molecule has 1 amide bonds. The summed E-state index contributed by atoms with van der Waals surface area (Å²) in [6.45, 7) is 0.927. The third kappa shape index (κ3) is 5.35. The van der Waals surface area contributed by atoms with Gasteiger partial charge in [-0.2, -0.15) is 0 Å². The van der Waals surface area contributed by atoms with E-state index in [9.17, 15) is 18.4 Å². The van der Waals surface area contributed by atoms with E-state index in [0.29, 0.717) is 5.69 Å². The molecule has 0 aliphatic rings. The molecule has 0 aromatic heterocycles. The lowest BCUT2D eigenvalue weighted by Crippen LogP contribution is -2.31. The molecule has 2 rings (SSSR count). The minimum absolute atomic E-state index is 0.176. The number of carbonyl (C=O) groups excluding carboxylic acids is 2. The van der Waals surface area contributed by atoms with Gasteiger partial charge < -0.3 is 14.8 Å². The highest BCUT2D eigenvalue weighted by atomic mass is 19.1. The molecule has 0 aliphatic carbocycles. The van der Waals surface area contributed by atoms with Gasteiger partial charge in [0, 0.05) is 11.8 Å². The van der Waals surface area contributed by atoms with Gasteiger partial charge in [0.15, 0.2) is 12.7 Å². The maximum atomic E-state index is 13.0. The van der Waals surface area contributed by atoms with Gasteiger partial charge in [0.05, 0.1) is 0 Å². The molecule has 126 valence electrons. The molecule has 0 saturated heterocycles. The molecular weight excluding hydrogens is 320 g/mol. The summed E-state index contributed by atoms with van der Waals surface area (Å²) in [4.78, 5) is 23.5. The van der Waals surface area contributed by atoms with Gasteiger partial charge in [0.2, 0.25) is 0 Å².